The van der Waals surface area contributed by atoms with E-state index in [1.54, 1.807) is 31.7 Å². The third-order valence-electron chi connectivity index (χ3n) is 4.03. The van der Waals surface area contributed by atoms with Gasteiger partial charge in [-0.2, -0.15) is 13.2 Å². The van der Waals surface area contributed by atoms with Gasteiger partial charge in [-0.3, -0.25) is 0 Å². The number of nitrogens with zero attached hydrogens (tertiary/aromatic N) is 1. The maximum absolute atomic E-state index is 13.2. The molecule has 1 aromatic carbocycles. The molecule has 0 radical (unpaired) electrons. The lowest BCUT2D eigenvalue weighted by Gasteiger charge is -2.37. The number of hydrogen-bond donors (Lipinski definition) is 0. The van der Waals surface area contributed by atoms with Gasteiger partial charge in [0.15, 0.2) is 0 Å². The van der Waals surface area contributed by atoms with Crippen molar-refractivity contribution in [3.63, 3.8) is 0 Å². The fraction of sp³-hybridized carbons (Fsp3) is 0.611. The van der Waals surface area contributed by atoms with Crippen molar-refractivity contribution in [2.75, 3.05) is 6.54 Å². The van der Waals surface area contributed by atoms with E-state index in [9.17, 15) is 18.0 Å². The van der Waals surface area contributed by atoms with Gasteiger partial charge in [0.05, 0.1) is 5.56 Å². The summed E-state index contributed by atoms with van der Waals surface area (Å²) in [6.07, 6.45) is -2.21. The molecular formula is C18H24F3NO2. The van der Waals surface area contributed by atoms with Gasteiger partial charge in [0.1, 0.15) is 5.60 Å². The number of benzene rings is 1. The molecule has 0 aromatic heterocycles. The Balaban J connectivity index is 2.19. The smallest absolute Gasteiger partial charge is 0.416 e. The summed E-state index contributed by atoms with van der Waals surface area (Å²) in [6.45, 7) is 5.86. The van der Waals surface area contributed by atoms with Gasteiger partial charge in [0, 0.05) is 12.6 Å². The highest BCUT2D eigenvalue weighted by atomic mass is 19.4. The van der Waals surface area contributed by atoms with E-state index in [2.05, 4.69) is 0 Å². The van der Waals surface area contributed by atoms with E-state index >= 15 is 0 Å². The van der Waals surface area contributed by atoms with Crippen molar-refractivity contribution in [1.29, 1.82) is 0 Å². The van der Waals surface area contributed by atoms with Gasteiger partial charge >= 0.3 is 12.3 Å². The Hall–Kier alpha value is -1.72. The van der Waals surface area contributed by atoms with Crippen LogP contribution in [0.3, 0.4) is 0 Å². The molecule has 0 saturated carbocycles. The lowest BCUT2D eigenvalue weighted by molar-refractivity contribution is -0.138. The molecule has 1 amide bonds. The quantitative estimate of drug-likeness (QED) is 0.753. The predicted octanol–water partition coefficient (Wildman–Crippen LogP) is 5.04. The second kappa shape index (κ2) is 7.03. The average Bonchev–Trinajstić information content (AvgIpc) is 2.45. The monoisotopic (exact) mass is 343 g/mol. The summed E-state index contributed by atoms with van der Waals surface area (Å²) in [7, 11) is 0. The number of halogens is 3. The van der Waals surface area contributed by atoms with Crippen molar-refractivity contribution in [3.05, 3.63) is 35.4 Å². The number of piperidine rings is 1. The van der Waals surface area contributed by atoms with Crippen LogP contribution in [-0.4, -0.2) is 29.2 Å². The minimum atomic E-state index is -4.39. The lowest BCUT2D eigenvalue weighted by Crippen LogP contribution is -2.47. The minimum absolute atomic E-state index is 0.189. The van der Waals surface area contributed by atoms with E-state index in [1.807, 2.05) is 0 Å². The van der Waals surface area contributed by atoms with Gasteiger partial charge < -0.3 is 9.64 Å². The summed E-state index contributed by atoms with van der Waals surface area (Å²) in [5, 5.41) is 0. The minimum Gasteiger partial charge on any atom is -0.444 e. The van der Waals surface area contributed by atoms with Crippen molar-refractivity contribution in [2.24, 2.45) is 0 Å². The highest BCUT2D eigenvalue weighted by molar-refractivity contribution is 5.68. The number of carbonyl (C=O) groups excluding carboxylic acids is 1. The molecule has 1 aromatic rings. The van der Waals surface area contributed by atoms with Crippen LogP contribution in [0.15, 0.2) is 24.3 Å². The van der Waals surface area contributed by atoms with Crippen molar-refractivity contribution in [3.8, 4) is 0 Å². The van der Waals surface area contributed by atoms with Crippen LogP contribution in [0.2, 0.25) is 0 Å². The van der Waals surface area contributed by atoms with Crippen molar-refractivity contribution >= 4 is 6.09 Å². The van der Waals surface area contributed by atoms with Crippen LogP contribution in [0.1, 0.15) is 51.2 Å². The van der Waals surface area contributed by atoms with Crippen LogP contribution in [0.4, 0.5) is 18.0 Å². The molecule has 6 heteroatoms. The Morgan fingerprint density at radius 2 is 1.88 bits per heavy atom. The molecule has 0 spiro atoms. The zero-order valence-electron chi connectivity index (χ0n) is 14.3. The van der Waals surface area contributed by atoms with Crippen molar-refractivity contribution in [2.45, 2.75) is 64.3 Å². The molecule has 1 atom stereocenters. The molecule has 1 aliphatic heterocycles. The number of amides is 1. The summed E-state index contributed by atoms with van der Waals surface area (Å²) in [5.74, 6) is 0. The van der Waals surface area contributed by atoms with Gasteiger partial charge in [-0.1, -0.05) is 18.2 Å². The molecule has 1 aliphatic rings. The topological polar surface area (TPSA) is 29.5 Å². The standard InChI is InChI=1S/C18H24F3NO2/c1-17(2,3)24-16(23)22-11-7-6-9-14(22)12-13-8-4-5-10-15(13)18(19,20)21/h4-5,8,10,14H,6-7,9,11-12H2,1-3H3. The summed E-state index contributed by atoms with van der Waals surface area (Å²) in [5.41, 5.74) is -1.02. The van der Waals surface area contributed by atoms with Crippen LogP contribution in [-0.2, 0) is 17.3 Å². The van der Waals surface area contributed by atoms with Gasteiger partial charge in [0.2, 0.25) is 0 Å². The molecular weight excluding hydrogens is 319 g/mol. The second-order valence-electron chi connectivity index (χ2n) is 7.18. The number of rotatable bonds is 2. The van der Waals surface area contributed by atoms with Crippen LogP contribution in [0, 0.1) is 0 Å². The Labute approximate surface area is 140 Å². The van der Waals surface area contributed by atoms with E-state index in [1.165, 1.54) is 12.1 Å². The molecule has 134 valence electrons. The first kappa shape index (κ1) is 18.6. The lowest BCUT2D eigenvalue weighted by atomic mass is 9.93. The predicted molar refractivity (Wildman–Crippen MR) is 85.7 cm³/mol. The number of carbonyl (C=O) groups is 1. The molecule has 24 heavy (non-hydrogen) atoms. The van der Waals surface area contributed by atoms with Crippen LogP contribution < -0.4 is 0 Å². The zero-order chi connectivity index (χ0) is 18.0. The van der Waals surface area contributed by atoms with Crippen molar-refractivity contribution < 1.29 is 22.7 Å². The van der Waals surface area contributed by atoms with Gasteiger partial charge in [-0.15, -0.1) is 0 Å². The van der Waals surface area contributed by atoms with Crippen molar-refractivity contribution in [1.82, 2.24) is 4.90 Å². The molecule has 0 aliphatic carbocycles. The zero-order valence-corrected chi connectivity index (χ0v) is 14.3. The largest absolute Gasteiger partial charge is 0.444 e. The summed E-state index contributed by atoms with van der Waals surface area (Å²) >= 11 is 0. The Morgan fingerprint density at radius 1 is 1.21 bits per heavy atom. The van der Waals surface area contributed by atoms with Gasteiger partial charge in [-0.25, -0.2) is 4.79 Å². The van der Waals surface area contributed by atoms with Gasteiger partial charge in [0.25, 0.3) is 0 Å². The Morgan fingerprint density at radius 3 is 2.50 bits per heavy atom. The Bertz CT molecular complexity index is 578. The van der Waals surface area contributed by atoms with E-state index in [-0.39, 0.29) is 18.0 Å². The van der Waals surface area contributed by atoms with Crippen LogP contribution in [0.25, 0.3) is 0 Å². The maximum atomic E-state index is 13.2. The third-order valence-corrected chi connectivity index (χ3v) is 4.03. The molecule has 2 rings (SSSR count). The molecule has 3 nitrogen and oxygen atoms in total. The molecule has 1 unspecified atom stereocenters. The molecule has 1 heterocycles. The highest BCUT2D eigenvalue weighted by Gasteiger charge is 2.35. The molecule has 1 saturated heterocycles. The highest BCUT2D eigenvalue weighted by Crippen LogP contribution is 2.33. The summed E-state index contributed by atoms with van der Waals surface area (Å²) < 4.78 is 44.9. The van der Waals surface area contributed by atoms with Crippen LogP contribution in [0.5, 0.6) is 0 Å². The molecule has 0 N–H and O–H groups in total. The molecule has 1 fully saturated rings. The van der Waals surface area contributed by atoms with E-state index in [0.29, 0.717) is 13.0 Å². The Kier molecular flexibility index (Phi) is 5.45. The fourth-order valence-electron chi connectivity index (χ4n) is 3.00. The fourth-order valence-corrected chi connectivity index (χ4v) is 3.00. The summed E-state index contributed by atoms with van der Waals surface area (Å²) in [6, 6.07) is 5.31. The van der Waals surface area contributed by atoms with E-state index in [4.69, 9.17) is 4.74 Å². The first-order chi connectivity index (χ1) is 11.1. The first-order valence-corrected chi connectivity index (χ1v) is 8.22. The third kappa shape index (κ3) is 4.89. The number of likely N-dealkylation sites (tertiary alicyclic amines) is 1. The van der Waals surface area contributed by atoms with Crippen LogP contribution >= 0.6 is 0 Å². The molecule has 0 bridgehead atoms. The van der Waals surface area contributed by atoms with E-state index < -0.39 is 23.4 Å². The number of hydrogen-bond acceptors (Lipinski definition) is 2. The SMILES string of the molecule is CC(C)(C)OC(=O)N1CCCCC1Cc1ccccc1C(F)(F)F. The number of alkyl halides is 3. The average molecular weight is 343 g/mol. The van der Waals surface area contributed by atoms with Gasteiger partial charge in [-0.05, 0) is 58.1 Å². The van der Waals surface area contributed by atoms with E-state index in [0.717, 1.165) is 18.9 Å². The first-order valence-electron chi connectivity index (χ1n) is 8.22. The second-order valence-corrected chi connectivity index (χ2v) is 7.18. The summed E-state index contributed by atoms with van der Waals surface area (Å²) in [4.78, 5) is 14.0. The normalized spacial score (nSPS) is 19.2. The number of ether oxygens (including phenoxy) is 1. The maximum Gasteiger partial charge on any atom is 0.416 e.